The van der Waals surface area contributed by atoms with Gasteiger partial charge in [-0.05, 0) is 31.0 Å². The van der Waals surface area contributed by atoms with Crippen molar-refractivity contribution < 1.29 is 9.36 Å². The Balaban J connectivity index is 1.63. The van der Waals surface area contributed by atoms with Crippen LogP contribution in [0.2, 0.25) is 10.0 Å². The molecule has 1 atom stereocenters. The smallest absolute Gasteiger partial charge is 0.229 e. The molecule has 0 aliphatic heterocycles. The van der Waals surface area contributed by atoms with Crippen LogP contribution in [0.4, 0.5) is 0 Å². The molecule has 21 heavy (non-hydrogen) atoms. The number of aromatic nitrogens is 1. The quantitative estimate of drug-likeness (QED) is 0.597. The van der Waals surface area contributed by atoms with E-state index in [0.717, 1.165) is 6.42 Å². The molecule has 0 amide bonds. The molecule has 2 aliphatic rings. The van der Waals surface area contributed by atoms with E-state index in [1.807, 2.05) is 5.51 Å². The summed E-state index contributed by atoms with van der Waals surface area (Å²) in [5, 5.41) is 0.961. The minimum absolute atomic E-state index is 0.0179. The first kappa shape index (κ1) is 13.5. The van der Waals surface area contributed by atoms with E-state index in [4.69, 9.17) is 23.2 Å². The molecule has 0 fully saturated rings. The number of ketones is 1. The van der Waals surface area contributed by atoms with E-state index in [0.29, 0.717) is 28.1 Å². The first-order chi connectivity index (χ1) is 10.1. The van der Waals surface area contributed by atoms with Gasteiger partial charge in [-0.3, -0.25) is 4.79 Å². The van der Waals surface area contributed by atoms with Crippen molar-refractivity contribution >= 4 is 45.9 Å². The number of nitrogens with zero attached hydrogens (tertiary/aromatic N) is 1. The second-order valence-corrected chi connectivity index (χ2v) is 7.13. The van der Waals surface area contributed by atoms with Crippen LogP contribution in [0.5, 0.6) is 0 Å². The average Bonchev–Trinajstić information content (AvgIpc) is 2.96. The van der Waals surface area contributed by atoms with Gasteiger partial charge in [-0.2, -0.15) is 4.57 Å². The summed E-state index contributed by atoms with van der Waals surface area (Å²) in [6, 6.07) is 5.01. The van der Waals surface area contributed by atoms with Gasteiger partial charge in [0.15, 0.2) is 0 Å². The summed E-state index contributed by atoms with van der Waals surface area (Å²) in [7, 11) is 0. The largest absolute Gasteiger partial charge is 0.287 e. The molecule has 1 unspecified atom stereocenters. The molecule has 0 spiro atoms. The zero-order valence-corrected chi connectivity index (χ0v) is 13.4. The first-order valence-corrected chi connectivity index (χ1v) is 8.48. The Morgan fingerprint density at radius 1 is 1.38 bits per heavy atom. The van der Waals surface area contributed by atoms with Gasteiger partial charge in [0.1, 0.15) is 0 Å². The highest BCUT2D eigenvalue weighted by atomic mass is 35.5. The number of carbonyl (C=O) groups excluding carboxylic acids is 1. The van der Waals surface area contributed by atoms with Gasteiger partial charge in [-0.1, -0.05) is 40.6 Å². The van der Waals surface area contributed by atoms with E-state index >= 15 is 0 Å². The van der Waals surface area contributed by atoms with Gasteiger partial charge in [0.05, 0.1) is 9.90 Å². The minimum atomic E-state index is 0.0179. The molecule has 2 aromatic rings. The molecule has 0 radical (unpaired) electrons. The molecule has 5 heteroatoms. The van der Waals surface area contributed by atoms with Crippen LogP contribution in [0.25, 0.3) is 5.57 Å². The summed E-state index contributed by atoms with van der Waals surface area (Å²) in [6.45, 7) is 0.331. The maximum atomic E-state index is 12.5. The fourth-order valence-corrected chi connectivity index (χ4v) is 4.85. The van der Waals surface area contributed by atoms with Crippen molar-refractivity contribution in [1.82, 2.24) is 0 Å². The van der Waals surface area contributed by atoms with Crippen LogP contribution in [0.3, 0.4) is 0 Å². The van der Waals surface area contributed by atoms with E-state index in [-0.39, 0.29) is 5.78 Å². The fourth-order valence-electron chi connectivity index (χ4n) is 3.16. The maximum Gasteiger partial charge on any atom is 0.229 e. The predicted molar refractivity (Wildman–Crippen MR) is 85.3 cm³/mol. The number of rotatable bonds is 3. The number of benzene rings is 1. The monoisotopic (exact) mass is 336 g/mol. The zero-order chi connectivity index (χ0) is 14.6. The van der Waals surface area contributed by atoms with Crippen LogP contribution in [-0.4, -0.2) is 5.78 Å². The van der Waals surface area contributed by atoms with Crippen LogP contribution in [0.1, 0.15) is 39.7 Å². The normalized spacial score (nSPS) is 18.8. The van der Waals surface area contributed by atoms with Gasteiger partial charge < -0.3 is 0 Å². The van der Waals surface area contributed by atoms with Crippen LogP contribution in [0, 0.1) is 0 Å². The number of thiazole rings is 1. The number of allylic oxidation sites excluding steroid dienone is 2. The third-order valence-electron chi connectivity index (χ3n) is 4.16. The summed E-state index contributed by atoms with van der Waals surface area (Å²) >= 11 is 13.7. The molecule has 0 N–H and O–H groups in total. The van der Waals surface area contributed by atoms with Crippen molar-refractivity contribution in [1.29, 1.82) is 0 Å². The molecule has 1 aromatic carbocycles. The molecule has 0 saturated heterocycles. The molecule has 0 bridgehead atoms. The molecule has 1 heterocycles. The molecular formula is C16H12Cl2NOS+. The molecule has 106 valence electrons. The van der Waals surface area contributed by atoms with Crippen LogP contribution in [-0.2, 0) is 6.54 Å². The van der Waals surface area contributed by atoms with Crippen molar-refractivity contribution in [3.05, 3.63) is 56.0 Å². The van der Waals surface area contributed by atoms with Crippen molar-refractivity contribution in [2.75, 3.05) is 0 Å². The lowest BCUT2D eigenvalue weighted by Crippen LogP contribution is -2.42. The number of fused-ring (bicyclic) bond motifs is 4. The van der Waals surface area contributed by atoms with Gasteiger partial charge in [0.2, 0.25) is 23.5 Å². The Kier molecular flexibility index (Phi) is 3.18. The molecule has 1 aromatic heterocycles. The summed E-state index contributed by atoms with van der Waals surface area (Å²) in [5.41, 5.74) is 5.25. The highest BCUT2D eigenvalue weighted by Crippen LogP contribution is 2.52. The molecule has 2 nitrogen and oxygen atoms in total. The number of halogens is 2. The molecule has 0 saturated carbocycles. The Bertz CT molecular complexity index is 794. The van der Waals surface area contributed by atoms with Crippen LogP contribution in [0.15, 0.2) is 29.8 Å². The summed E-state index contributed by atoms with van der Waals surface area (Å²) < 4.78 is 2.06. The Morgan fingerprint density at radius 3 is 3.05 bits per heavy atom. The van der Waals surface area contributed by atoms with E-state index in [9.17, 15) is 4.79 Å². The summed E-state index contributed by atoms with van der Waals surface area (Å²) in [6.07, 6.45) is 4.67. The van der Waals surface area contributed by atoms with Crippen molar-refractivity contribution in [2.45, 2.75) is 25.3 Å². The Labute approximate surface area is 136 Å². The molecular weight excluding hydrogens is 325 g/mol. The Morgan fingerprint density at radius 2 is 2.24 bits per heavy atom. The first-order valence-electron chi connectivity index (χ1n) is 6.84. The predicted octanol–water partition coefficient (Wildman–Crippen LogP) is 4.50. The SMILES string of the molecule is O=C(C[n+]1csc2c1C1=CCCC12)c1ccc(Cl)cc1Cl. The fraction of sp³-hybridized carbons (Fsp3) is 0.250. The van der Waals surface area contributed by atoms with Crippen molar-refractivity contribution in [2.24, 2.45) is 0 Å². The number of carbonyl (C=O) groups is 1. The molecule has 2 aliphatic carbocycles. The standard InChI is InChI=1S/C16H12Cl2NOS/c17-9-4-5-12(13(18)6-9)14(20)7-19-8-21-16-11-3-1-2-10(11)15(16)19/h2,4-6,8,11H,1,3,7H2/q+1. The van der Waals surface area contributed by atoms with Gasteiger partial charge in [-0.15, -0.1) is 0 Å². The average molecular weight is 337 g/mol. The summed E-state index contributed by atoms with van der Waals surface area (Å²) in [4.78, 5) is 13.9. The number of Topliss-reactive ketones (excluding diaryl/α,β-unsaturated/α-hetero) is 1. The lowest BCUT2D eigenvalue weighted by molar-refractivity contribution is -0.682. The lowest BCUT2D eigenvalue weighted by Gasteiger charge is -2.20. The van der Waals surface area contributed by atoms with Gasteiger partial charge in [-0.25, -0.2) is 0 Å². The van der Waals surface area contributed by atoms with Gasteiger partial charge in [0.25, 0.3) is 0 Å². The van der Waals surface area contributed by atoms with Gasteiger partial charge >= 0.3 is 0 Å². The molecule has 4 rings (SSSR count). The lowest BCUT2D eigenvalue weighted by atomic mass is 9.84. The number of hydrogen-bond acceptors (Lipinski definition) is 2. The number of hydrogen-bond donors (Lipinski definition) is 0. The Hall–Kier alpha value is -1.16. The third-order valence-corrected chi connectivity index (χ3v) is 5.80. The van der Waals surface area contributed by atoms with Gasteiger partial charge in [0, 0.05) is 22.1 Å². The van der Waals surface area contributed by atoms with Crippen molar-refractivity contribution in [3.63, 3.8) is 0 Å². The topological polar surface area (TPSA) is 20.9 Å². The van der Waals surface area contributed by atoms with E-state index in [2.05, 4.69) is 10.6 Å². The highest BCUT2D eigenvalue weighted by molar-refractivity contribution is 7.10. The maximum absolute atomic E-state index is 12.5. The van der Waals surface area contributed by atoms with E-state index in [1.54, 1.807) is 29.5 Å². The second-order valence-electron chi connectivity index (χ2n) is 5.40. The minimum Gasteiger partial charge on any atom is -0.287 e. The van der Waals surface area contributed by atoms with E-state index in [1.165, 1.54) is 22.6 Å². The van der Waals surface area contributed by atoms with E-state index < -0.39 is 0 Å². The second kappa shape index (κ2) is 4.94. The van der Waals surface area contributed by atoms with Crippen molar-refractivity contribution in [3.8, 4) is 0 Å². The van der Waals surface area contributed by atoms with Crippen LogP contribution >= 0.6 is 34.5 Å². The zero-order valence-electron chi connectivity index (χ0n) is 11.1. The highest BCUT2D eigenvalue weighted by Gasteiger charge is 2.44. The van der Waals surface area contributed by atoms with Crippen LogP contribution < -0.4 is 4.57 Å². The third kappa shape index (κ3) is 2.07. The summed E-state index contributed by atoms with van der Waals surface area (Å²) in [5.74, 6) is 0.643.